The molecule has 2 nitrogen and oxygen atoms in total. The molecule has 1 aromatic carbocycles. The molecule has 2 aliphatic heterocycles. The van der Waals surface area contributed by atoms with E-state index in [0.717, 1.165) is 31.8 Å². The molecule has 2 unspecified atom stereocenters. The number of rotatable bonds is 1. The van der Waals surface area contributed by atoms with Gasteiger partial charge in [0.25, 0.3) is 0 Å². The smallest absolute Gasteiger partial charge is 0.0543 e. The van der Waals surface area contributed by atoms with Crippen LogP contribution < -0.4 is 10.6 Å². The highest BCUT2D eigenvalue weighted by Gasteiger charge is 2.38. The van der Waals surface area contributed by atoms with E-state index in [9.17, 15) is 0 Å². The Balaban J connectivity index is 1.82. The summed E-state index contributed by atoms with van der Waals surface area (Å²) in [5, 5.41) is 7.25. The molecule has 1 saturated heterocycles. The van der Waals surface area contributed by atoms with Crippen LogP contribution in [0.1, 0.15) is 41.9 Å². The highest BCUT2D eigenvalue weighted by Crippen LogP contribution is 2.45. The normalized spacial score (nSPS) is 27.3. The zero-order valence-electron chi connectivity index (χ0n) is 14.0. The Morgan fingerprint density at radius 2 is 1.88 bits per heavy atom. The van der Waals surface area contributed by atoms with Crippen molar-refractivity contribution in [1.82, 2.24) is 10.6 Å². The number of allylic oxidation sites excluding steroid dienone is 2. The number of nitrogens with one attached hydrogen (secondary N) is 2. The number of hydrogen-bond donors (Lipinski definition) is 2. The van der Waals surface area contributed by atoms with Gasteiger partial charge in [-0.25, -0.2) is 0 Å². The maximum atomic E-state index is 3.89. The average Bonchev–Trinajstić information content (AvgIpc) is 2.76. The Kier molecular flexibility index (Phi) is 4.90. The monoisotopic (exact) mass is 450 g/mol. The summed E-state index contributed by atoms with van der Waals surface area (Å²) in [6, 6.07) is 5.13. The van der Waals surface area contributed by atoms with Gasteiger partial charge in [-0.3, -0.25) is 0 Å². The van der Waals surface area contributed by atoms with E-state index in [4.69, 9.17) is 0 Å². The first-order valence-corrected chi connectivity index (χ1v) is 10.5. The summed E-state index contributed by atoms with van der Waals surface area (Å²) in [6.07, 6.45) is 9.29. The van der Waals surface area contributed by atoms with Crippen molar-refractivity contribution in [3.05, 3.63) is 55.6 Å². The summed E-state index contributed by atoms with van der Waals surface area (Å²) in [4.78, 5) is 0. The van der Waals surface area contributed by atoms with Crippen LogP contribution in [-0.2, 0) is 6.42 Å². The quantitative estimate of drug-likeness (QED) is 0.632. The molecule has 2 heterocycles. The van der Waals surface area contributed by atoms with Gasteiger partial charge in [0.1, 0.15) is 0 Å². The fourth-order valence-electron chi connectivity index (χ4n) is 4.64. The summed E-state index contributed by atoms with van der Waals surface area (Å²) < 4.78 is 2.49. The van der Waals surface area contributed by atoms with E-state index in [2.05, 4.69) is 73.8 Å². The minimum Gasteiger partial charge on any atom is -0.383 e. The van der Waals surface area contributed by atoms with Crippen molar-refractivity contribution in [2.75, 3.05) is 13.1 Å². The van der Waals surface area contributed by atoms with Crippen molar-refractivity contribution in [1.29, 1.82) is 0 Å². The maximum absolute atomic E-state index is 3.89. The zero-order chi connectivity index (χ0) is 16.7. The van der Waals surface area contributed by atoms with Crippen LogP contribution in [0.25, 0.3) is 0 Å². The number of fused-ring (bicyclic) bond motifs is 2. The Bertz CT molecular complexity index is 702. The first-order chi connectivity index (χ1) is 11.6. The first kappa shape index (κ1) is 16.9. The zero-order valence-corrected chi connectivity index (χ0v) is 17.2. The van der Waals surface area contributed by atoms with Gasteiger partial charge < -0.3 is 10.6 Å². The maximum Gasteiger partial charge on any atom is 0.0543 e. The molecule has 3 aliphatic rings. The van der Waals surface area contributed by atoms with Crippen LogP contribution in [0.2, 0.25) is 0 Å². The lowest BCUT2D eigenvalue weighted by Crippen LogP contribution is -2.41. The van der Waals surface area contributed by atoms with Crippen molar-refractivity contribution in [3.8, 4) is 0 Å². The van der Waals surface area contributed by atoms with Gasteiger partial charge in [0.15, 0.2) is 0 Å². The second-order valence-corrected chi connectivity index (χ2v) is 8.98. The minimum absolute atomic E-state index is 0.435. The topological polar surface area (TPSA) is 24.1 Å². The van der Waals surface area contributed by atoms with Crippen LogP contribution in [0.15, 0.2) is 38.9 Å². The summed E-state index contributed by atoms with van der Waals surface area (Å²) >= 11 is 7.54. The number of piperidine rings is 1. The van der Waals surface area contributed by atoms with Gasteiger partial charge >= 0.3 is 0 Å². The summed E-state index contributed by atoms with van der Waals surface area (Å²) in [5.74, 6) is 1.30. The molecule has 0 aromatic heterocycles. The largest absolute Gasteiger partial charge is 0.383 e. The molecule has 1 aliphatic carbocycles. The third kappa shape index (κ3) is 3.02. The highest BCUT2D eigenvalue weighted by molar-refractivity contribution is 9.12. The molecule has 1 aromatic rings. The third-order valence-electron chi connectivity index (χ3n) is 5.87. The third-order valence-corrected chi connectivity index (χ3v) is 7.43. The second kappa shape index (κ2) is 6.97. The molecule has 128 valence electrons. The fourth-order valence-corrected chi connectivity index (χ4v) is 5.63. The SMILES string of the molecule is Cc1ccc2c(c1Br)CCC1=CC(Br)=CNC1C2C1CCNCC1. The number of dihydropyridines is 1. The molecule has 4 heteroatoms. The van der Waals surface area contributed by atoms with Crippen LogP contribution in [0.5, 0.6) is 0 Å². The van der Waals surface area contributed by atoms with Gasteiger partial charge in [-0.05, 0) is 95.9 Å². The molecular weight excluding hydrogens is 428 g/mol. The van der Waals surface area contributed by atoms with Crippen LogP contribution in [0.3, 0.4) is 0 Å². The molecule has 24 heavy (non-hydrogen) atoms. The predicted molar refractivity (Wildman–Crippen MR) is 108 cm³/mol. The first-order valence-electron chi connectivity index (χ1n) is 8.96. The van der Waals surface area contributed by atoms with Gasteiger partial charge in [0.2, 0.25) is 0 Å². The lowest BCUT2D eigenvalue weighted by molar-refractivity contribution is 0.288. The summed E-state index contributed by atoms with van der Waals surface area (Å²) in [7, 11) is 0. The highest BCUT2D eigenvalue weighted by atomic mass is 79.9. The lowest BCUT2D eigenvalue weighted by Gasteiger charge is -2.38. The molecule has 0 radical (unpaired) electrons. The molecule has 0 spiro atoms. The van der Waals surface area contributed by atoms with Gasteiger partial charge in [-0.15, -0.1) is 0 Å². The number of aryl methyl sites for hydroxylation is 1. The van der Waals surface area contributed by atoms with E-state index in [1.54, 1.807) is 11.1 Å². The number of hydrogen-bond acceptors (Lipinski definition) is 2. The van der Waals surface area contributed by atoms with E-state index in [0.29, 0.717) is 12.0 Å². The van der Waals surface area contributed by atoms with Crippen molar-refractivity contribution in [2.24, 2.45) is 5.92 Å². The Hall–Kier alpha value is -0.580. The molecule has 1 fully saturated rings. The minimum atomic E-state index is 0.435. The van der Waals surface area contributed by atoms with Crippen LogP contribution >= 0.6 is 31.9 Å². The van der Waals surface area contributed by atoms with Crippen LogP contribution in [-0.4, -0.2) is 19.1 Å². The van der Waals surface area contributed by atoms with Crippen molar-refractivity contribution in [3.63, 3.8) is 0 Å². The van der Waals surface area contributed by atoms with Gasteiger partial charge in [0, 0.05) is 21.1 Å². The van der Waals surface area contributed by atoms with Crippen molar-refractivity contribution < 1.29 is 0 Å². The van der Waals surface area contributed by atoms with Gasteiger partial charge in [-0.1, -0.05) is 28.1 Å². The van der Waals surface area contributed by atoms with Crippen molar-refractivity contribution >= 4 is 31.9 Å². The fraction of sp³-hybridized carbons (Fsp3) is 0.500. The summed E-state index contributed by atoms with van der Waals surface area (Å²) in [6.45, 7) is 4.50. The molecule has 0 amide bonds. The Labute approximate surface area is 161 Å². The molecule has 2 N–H and O–H groups in total. The Morgan fingerprint density at radius 3 is 2.67 bits per heavy atom. The van der Waals surface area contributed by atoms with Crippen molar-refractivity contribution in [2.45, 2.75) is 44.6 Å². The van der Waals surface area contributed by atoms with Gasteiger partial charge in [-0.2, -0.15) is 0 Å². The van der Waals surface area contributed by atoms with Crippen LogP contribution in [0, 0.1) is 12.8 Å². The van der Waals surface area contributed by atoms with E-state index in [1.165, 1.54) is 32.9 Å². The standard InChI is InChI=1S/C20H24Br2N2/c1-12-2-4-16-17(19(12)22)5-3-14-10-15(21)11-24-20(14)18(16)13-6-8-23-9-7-13/h2,4,10-11,13,18,20,23-24H,3,5-9H2,1H3. The van der Waals surface area contributed by atoms with E-state index < -0.39 is 0 Å². The number of halogens is 2. The van der Waals surface area contributed by atoms with E-state index in [-0.39, 0.29) is 0 Å². The second-order valence-electron chi connectivity index (χ2n) is 7.27. The number of benzene rings is 1. The lowest BCUT2D eigenvalue weighted by atomic mass is 9.73. The Morgan fingerprint density at radius 1 is 1.08 bits per heavy atom. The molecule has 0 bridgehead atoms. The van der Waals surface area contributed by atoms with E-state index >= 15 is 0 Å². The molecular formula is C20H24Br2N2. The summed E-state index contributed by atoms with van der Waals surface area (Å²) in [5.41, 5.74) is 6.00. The predicted octanol–water partition coefficient (Wildman–Crippen LogP) is 4.92. The van der Waals surface area contributed by atoms with Gasteiger partial charge in [0.05, 0.1) is 6.04 Å². The average molecular weight is 452 g/mol. The van der Waals surface area contributed by atoms with Crippen LogP contribution in [0.4, 0.5) is 0 Å². The molecule has 4 rings (SSSR count). The molecule has 0 saturated carbocycles. The molecule has 2 atom stereocenters. The van der Waals surface area contributed by atoms with E-state index in [1.807, 2.05) is 0 Å².